The maximum Gasteiger partial charge on any atom is 0.149 e. The second-order valence-corrected chi connectivity index (χ2v) is 1.20. The van der Waals surface area contributed by atoms with Crippen molar-refractivity contribution >= 4 is 17.6 Å². The lowest BCUT2D eigenvalue weighted by molar-refractivity contribution is 1.63. The standard InChI is InChI=1S/H2N2P2/c1-4-2-3/h1,3H. The van der Waals surface area contributed by atoms with Gasteiger partial charge in [0.05, 0.1) is 0 Å². The van der Waals surface area contributed by atoms with Gasteiger partial charge < -0.3 is 0 Å². The van der Waals surface area contributed by atoms with Crippen LogP contribution in [-0.2, 0) is 0 Å². The molecule has 22 valence electrons. The van der Waals surface area contributed by atoms with Gasteiger partial charge in [0.1, 0.15) is 8.52 Å². The summed E-state index contributed by atoms with van der Waals surface area (Å²) < 4.78 is 3.18. The van der Waals surface area contributed by atoms with Gasteiger partial charge in [0.2, 0.25) is 0 Å². The summed E-state index contributed by atoms with van der Waals surface area (Å²) in [6.45, 7) is 0. The monoisotopic (exact) mass is 92.0 g/mol. The molecule has 0 bridgehead atoms. The maximum absolute atomic E-state index is 6.21. The molecular formula is H2N2P2. The van der Waals surface area contributed by atoms with Crippen LogP contribution in [0, 0.1) is 5.16 Å². The highest BCUT2D eigenvalue weighted by atomic mass is 31.1. The molecule has 0 saturated heterocycles. The zero-order valence-electron chi connectivity index (χ0n) is 1.89. The fourth-order valence-electron chi connectivity index (χ4n) is 0. The molecule has 4 heteroatoms. The van der Waals surface area contributed by atoms with Gasteiger partial charge in [0.25, 0.3) is 0 Å². The fourth-order valence-corrected chi connectivity index (χ4v) is 0. The molecule has 0 aromatic rings. The zero-order chi connectivity index (χ0) is 3.41. The lowest BCUT2D eigenvalue weighted by Crippen LogP contribution is -0.899. The van der Waals surface area contributed by atoms with E-state index in [1.165, 1.54) is 0 Å². The summed E-state index contributed by atoms with van der Waals surface area (Å²) in [4.78, 5) is 0. The van der Waals surface area contributed by atoms with Crippen LogP contribution < -0.4 is 0 Å². The molecule has 0 aromatic carbocycles. The van der Waals surface area contributed by atoms with Gasteiger partial charge >= 0.3 is 0 Å². The van der Waals surface area contributed by atoms with Crippen molar-refractivity contribution in [2.75, 3.05) is 0 Å². The van der Waals surface area contributed by atoms with Gasteiger partial charge in [-0.3, -0.25) is 5.16 Å². The summed E-state index contributed by atoms with van der Waals surface area (Å²) in [6.07, 6.45) is 0. The molecule has 0 fully saturated rings. The average molecular weight is 92.0 g/mol. The summed E-state index contributed by atoms with van der Waals surface area (Å²) in [5.41, 5.74) is 0. The number of rotatable bonds is 1. The normalized spacial score (nSPS) is 7.00. The molecule has 2 nitrogen and oxygen atoms in total. The van der Waals surface area contributed by atoms with Crippen LogP contribution in [0.3, 0.4) is 0 Å². The highest BCUT2D eigenvalue weighted by Gasteiger charge is 1.33. The minimum Gasteiger partial charge on any atom is -0.262 e. The largest absolute Gasteiger partial charge is 0.262 e. The minimum atomic E-state index is 0.287. The van der Waals surface area contributed by atoms with Crippen molar-refractivity contribution in [3.8, 4) is 0 Å². The molecule has 1 N–H and O–H groups in total. The lowest BCUT2D eigenvalue weighted by atomic mass is 13.9. The Hall–Kier alpha value is 0.200. The first-order valence-corrected chi connectivity index (χ1v) is 1.94. The van der Waals surface area contributed by atoms with Gasteiger partial charge in [-0.05, 0) is 9.03 Å². The first kappa shape index (κ1) is 4.20. The highest BCUT2D eigenvalue weighted by Crippen LogP contribution is 1.92. The molecule has 0 rings (SSSR count). The fraction of sp³-hybridized carbons (Fsp3) is 0. The van der Waals surface area contributed by atoms with Crippen LogP contribution in [0.2, 0.25) is 0 Å². The van der Waals surface area contributed by atoms with Crippen molar-refractivity contribution in [1.29, 1.82) is 5.16 Å². The van der Waals surface area contributed by atoms with E-state index >= 15 is 0 Å². The Kier molecular flexibility index (Phi) is 3.36. The number of hydrogen-bond acceptors (Lipinski definition) is 1. The molecule has 0 aliphatic carbocycles. The Balaban J connectivity index is 2.73. The van der Waals surface area contributed by atoms with E-state index in [4.69, 9.17) is 5.16 Å². The molecule has 0 heterocycles. The molecule has 0 radical (unpaired) electrons. The van der Waals surface area contributed by atoms with E-state index in [1.54, 1.807) is 0 Å². The van der Waals surface area contributed by atoms with Crippen molar-refractivity contribution < 1.29 is 0 Å². The minimum absolute atomic E-state index is 0.287. The molecule has 0 aliphatic rings. The van der Waals surface area contributed by atoms with Crippen LogP contribution in [0.5, 0.6) is 0 Å². The molecule has 0 saturated carbocycles. The molecular weight excluding hydrogens is 90.0 g/mol. The van der Waals surface area contributed by atoms with Crippen molar-refractivity contribution in [2.45, 2.75) is 0 Å². The predicted molar refractivity (Wildman–Crippen MR) is 20.4 cm³/mol. The SMILES string of the molecule is N=PN=P. The third-order valence-corrected chi connectivity index (χ3v) is 0.450. The Morgan fingerprint density at radius 1 is 2.00 bits per heavy atom. The molecule has 0 spiro atoms. The van der Waals surface area contributed by atoms with Gasteiger partial charge in [-0.2, -0.15) is 4.52 Å². The topological polar surface area (TPSA) is 36.2 Å². The van der Waals surface area contributed by atoms with E-state index in [2.05, 4.69) is 13.5 Å². The zero-order valence-corrected chi connectivity index (χ0v) is 3.79. The molecule has 0 atom stereocenters. The summed E-state index contributed by atoms with van der Waals surface area (Å²) in [5, 5.41) is 6.21. The van der Waals surface area contributed by atoms with Crippen molar-refractivity contribution in [3.05, 3.63) is 0 Å². The number of hydrogen-bond donors (Lipinski definition) is 1. The van der Waals surface area contributed by atoms with E-state index in [0.717, 1.165) is 0 Å². The van der Waals surface area contributed by atoms with Gasteiger partial charge in [-0.25, -0.2) is 0 Å². The van der Waals surface area contributed by atoms with Crippen LogP contribution >= 0.6 is 17.6 Å². The van der Waals surface area contributed by atoms with Crippen molar-refractivity contribution in [1.82, 2.24) is 0 Å². The maximum atomic E-state index is 6.21. The van der Waals surface area contributed by atoms with Crippen molar-refractivity contribution in [3.63, 3.8) is 0 Å². The Bertz CT molecular complexity index is 25.0. The third-order valence-electron chi connectivity index (χ3n) is 0.0500. The van der Waals surface area contributed by atoms with Gasteiger partial charge in [-0.1, -0.05) is 0 Å². The summed E-state index contributed by atoms with van der Waals surface area (Å²) in [6, 6.07) is 0. The van der Waals surface area contributed by atoms with Gasteiger partial charge in [0.15, 0.2) is 0 Å². The average Bonchev–Trinajstić information content (AvgIpc) is 1.37. The molecule has 4 heavy (non-hydrogen) atoms. The second kappa shape index (κ2) is 3.20. The van der Waals surface area contributed by atoms with E-state index < -0.39 is 0 Å². The van der Waals surface area contributed by atoms with Gasteiger partial charge in [-0.15, -0.1) is 0 Å². The Morgan fingerprint density at radius 3 is 2.25 bits per heavy atom. The smallest absolute Gasteiger partial charge is 0.149 e. The van der Waals surface area contributed by atoms with Crippen LogP contribution in [-0.4, -0.2) is 0 Å². The van der Waals surface area contributed by atoms with E-state index in [9.17, 15) is 0 Å². The number of nitrogens with zero attached hydrogens (tertiary/aromatic N) is 1. The summed E-state index contributed by atoms with van der Waals surface area (Å²) >= 11 is 0. The van der Waals surface area contributed by atoms with E-state index in [1.807, 2.05) is 0 Å². The van der Waals surface area contributed by atoms with E-state index in [0.29, 0.717) is 0 Å². The Morgan fingerprint density at radius 2 is 2.25 bits per heavy atom. The van der Waals surface area contributed by atoms with Crippen LogP contribution in [0.15, 0.2) is 4.52 Å². The third kappa shape index (κ3) is 2.20. The first-order valence-electron chi connectivity index (χ1n) is 0.647. The van der Waals surface area contributed by atoms with Crippen LogP contribution in [0.4, 0.5) is 0 Å². The quantitative estimate of drug-likeness (QED) is 0.480. The second-order valence-electron chi connectivity index (χ2n) is 0.200. The van der Waals surface area contributed by atoms with Gasteiger partial charge in [0, 0.05) is 0 Å². The molecule has 0 aliphatic heterocycles. The first-order chi connectivity index (χ1) is 1.91. The van der Waals surface area contributed by atoms with E-state index in [-0.39, 0.29) is 8.52 Å². The molecule has 0 unspecified atom stereocenters. The van der Waals surface area contributed by atoms with Crippen LogP contribution in [0.25, 0.3) is 0 Å². The van der Waals surface area contributed by atoms with Crippen LogP contribution in [0.1, 0.15) is 0 Å². The van der Waals surface area contributed by atoms with Crippen molar-refractivity contribution in [2.24, 2.45) is 4.52 Å². The highest BCUT2D eigenvalue weighted by molar-refractivity contribution is 7.29. The predicted octanol–water partition coefficient (Wildman–Crippen LogP) is 1.94. The molecule has 0 aromatic heterocycles. The summed E-state index contributed by atoms with van der Waals surface area (Å²) in [5.74, 6) is 0. The Labute approximate surface area is 28.3 Å². The summed E-state index contributed by atoms with van der Waals surface area (Å²) in [7, 11) is 3.00. The molecule has 0 amide bonds. The number of nitrogens with one attached hydrogen (secondary N) is 1. The lowest BCUT2D eigenvalue weighted by Gasteiger charge is -1.42.